The Morgan fingerprint density at radius 2 is 1.94 bits per heavy atom. The van der Waals surface area contributed by atoms with Gasteiger partial charge in [0, 0.05) is 29.2 Å². The molecule has 2 aromatic rings. The quantitative estimate of drug-likeness (QED) is 0.454. The molecule has 3 N–H and O–H groups in total. The topological polar surface area (TPSA) is 71.5 Å². The van der Waals surface area contributed by atoms with Crippen LogP contribution in [0.25, 0.3) is 0 Å². The van der Waals surface area contributed by atoms with E-state index < -0.39 is 0 Å². The van der Waals surface area contributed by atoms with E-state index in [0.29, 0.717) is 17.0 Å². The average Bonchev–Trinajstić information content (AvgIpc) is 2.34. The van der Waals surface area contributed by atoms with Crippen LogP contribution in [-0.2, 0) is 0 Å². The highest BCUT2D eigenvalue weighted by Gasteiger charge is 2.10. The number of nitrogen functional groups attached to an aromatic ring is 1. The molecule has 0 atom stereocenters. The van der Waals surface area contributed by atoms with E-state index in [1.807, 2.05) is 30.3 Å². The van der Waals surface area contributed by atoms with E-state index in [0.717, 1.165) is 5.56 Å². The fourth-order valence-electron chi connectivity index (χ4n) is 1.47. The monoisotopic (exact) mass is 213 g/mol. The second-order valence-corrected chi connectivity index (χ2v) is 3.28. The van der Waals surface area contributed by atoms with E-state index in [2.05, 4.69) is 10.1 Å². The Hall–Kier alpha value is -2.36. The summed E-state index contributed by atoms with van der Waals surface area (Å²) in [7, 11) is 0. The van der Waals surface area contributed by atoms with Gasteiger partial charge in [0.25, 0.3) is 0 Å². The molecule has 2 rings (SSSR count). The van der Waals surface area contributed by atoms with Gasteiger partial charge in [-0.1, -0.05) is 35.5 Å². The number of pyridine rings is 1. The minimum atomic E-state index is 0.422. The summed E-state index contributed by atoms with van der Waals surface area (Å²) >= 11 is 0. The van der Waals surface area contributed by atoms with E-state index in [-0.39, 0.29) is 0 Å². The molecule has 0 aliphatic heterocycles. The highest BCUT2D eigenvalue weighted by atomic mass is 16.4. The summed E-state index contributed by atoms with van der Waals surface area (Å²) < 4.78 is 0. The predicted molar refractivity (Wildman–Crippen MR) is 62.5 cm³/mol. The van der Waals surface area contributed by atoms with Crippen LogP contribution in [0.1, 0.15) is 11.1 Å². The van der Waals surface area contributed by atoms with Crippen molar-refractivity contribution in [1.29, 1.82) is 0 Å². The molecule has 0 saturated carbocycles. The van der Waals surface area contributed by atoms with Gasteiger partial charge in [-0.25, -0.2) is 0 Å². The van der Waals surface area contributed by atoms with Gasteiger partial charge in [0.1, 0.15) is 5.71 Å². The molecule has 16 heavy (non-hydrogen) atoms. The minimum absolute atomic E-state index is 0.422. The summed E-state index contributed by atoms with van der Waals surface area (Å²) in [6.07, 6.45) is 3.18. The Morgan fingerprint density at radius 1 is 1.19 bits per heavy atom. The molecule has 4 nitrogen and oxygen atoms in total. The average molecular weight is 213 g/mol. The Kier molecular flexibility index (Phi) is 2.82. The fraction of sp³-hybridized carbons (Fsp3) is 0. The molecule has 1 aromatic carbocycles. The summed E-state index contributed by atoms with van der Waals surface area (Å²) in [6, 6.07) is 11.0. The molecule has 0 saturated heterocycles. The number of hydrogen-bond acceptors (Lipinski definition) is 4. The first-order valence-electron chi connectivity index (χ1n) is 4.80. The Bertz CT molecular complexity index is 509. The smallest absolute Gasteiger partial charge is 0.120 e. The zero-order valence-corrected chi connectivity index (χ0v) is 8.54. The van der Waals surface area contributed by atoms with Gasteiger partial charge in [-0.05, 0) is 6.07 Å². The van der Waals surface area contributed by atoms with Crippen LogP contribution in [0.15, 0.2) is 53.9 Å². The fourth-order valence-corrected chi connectivity index (χ4v) is 1.47. The maximum absolute atomic E-state index is 9.06. The normalized spacial score (nSPS) is 11.4. The maximum Gasteiger partial charge on any atom is 0.120 e. The molecule has 1 aromatic heterocycles. The van der Waals surface area contributed by atoms with Crippen LogP contribution in [0, 0.1) is 0 Å². The van der Waals surface area contributed by atoms with Gasteiger partial charge in [-0.2, -0.15) is 0 Å². The molecule has 1 heterocycles. The van der Waals surface area contributed by atoms with Crippen LogP contribution in [0.2, 0.25) is 0 Å². The van der Waals surface area contributed by atoms with E-state index in [4.69, 9.17) is 10.9 Å². The van der Waals surface area contributed by atoms with Crippen LogP contribution in [0.5, 0.6) is 0 Å². The van der Waals surface area contributed by atoms with Crippen LogP contribution in [0.3, 0.4) is 0 Å². The lowest BCUT2D eigenvalue weighted by Crippen LogP contribution is -2.07. The summed E-state index contributed by atoms with van der Waals surface area (Å²) in [5.41, 5.74) is 8.18. The zero-order valence-electron chi connectivity index (χ0n) is 8.54. The van der Waals surface area contributed by atoms with Crippen molar-refractivity contribution in [2.24, 2.45) is 5.16 Å². The van der Waals surface area contributed by atoms with Gasteiger partial charge in [-0.15, -0.1) is 0 Å². The molecule has 0 bridgehead atoms. The van der Waals surface area contributed by atoms with Crippen LogP contribution < -0.4 is 5.73 Å². The van der Waals surface area contributed by atoms with Crippen molar-refractivity contribution >= 4 is 11.4 Å². The molecule has 0 unspecified atom stereocenters. The number of nitrogens with zero attached hydrogens (tertiary/aromatic N) is 2. The highest BCUT2D eigenvalue weighted by Crippen LogP contribution is 2.15. The number of oxime groups is 1. The zero-order chi connectivity index (χ0) is 11.4. The first-order chi connectivity index (χ1) is 7.83. The largest absolute Gasteiger partial charge is 0.410 e. The molecular weight excluding hydrogens is 202 g/mol. The number of nitrogens with two attached hydrogens (primary N) is 1. The summed E-state index contributed by atoms with van der Waals surface area (Å²) in [5, 5.41) is 12.3. The van der Waals surface area contributed by atoms with Crippen molar-refractivity contribution in [3.05, 3.63) is 59.9 Å². The van der Waals surface area contributed by atoms with Gasteiger partial charge < -0.3 is 10.9 Å². The number of aromatic nitrogens is 1. The Morgan fingerprint density at radius 3 is 2.56 bits per heavy atom. The third-order valence-corrected chi connectivity index (χ3v) is 2.26. The molecule has 0 fully saturated rings. The minimum Gasteiger partial charge on any atom is -0.410 e. The first kappa shape index (κ1) is 10.2. The van der Waals surface area contributed by atoms with Crippen molar-refractivity contribution in [2.45, 2.75) is 0 Å². The van der Waals surface area contributed by atoms with Gasteiger partial charge in [0.05, 0.1) is 0 Å². The third-order valence-electron chi connectivity index (χ3n) is 2.26. The summed E-state index contributed by atoms with van der Waals surface area (Å²) in [5.74, 6) is 0. The van der Waals surface area contributed by atoms with E-state index >= 15 is 0 Å². The number of benzene rings is 1. The van der Waals surface area contributed by atoms with Crippen LogP contribution in [-0.4, -0.2) is 15.9 Å². The molecule has 4 heteroatoms. The lowest BCUT2D eigenvalue weighted by atomic mass is 10.0. The number of rotatable bonds is 2. The van der Waals surface area contributed by atoms with Gasteiger partial charge in [0.15, 0.2) is 0 Å². The molecule has 80 valence electrons. The standard InChI is InChI=1S/C12H11N3O/c13-11-6-7-14-8-10(11)12(15-16)9-4-2-1-3-5-9/h1-8,16H,(H2,13,14)/b15-12-. The number of hydrogen-bond donors (Lipinski definition) is 2. The Balaban J connectivity index is 2.51. The second-order valence-electron chi connectivity index (χ2n) is 3.28. The van der Waals surface area contributed by atoms with Crippen LogP contribution >= 0.6 is 0 Å². The summed E-state index contributed by atoms with van der Waals surface area (Å²) in [6.45, 7) is 0. The van der Waals surface area contributed by atoms with Gasteiger partial charge in [0.2, 0.25) is 0 Å². The Labute approximate surface area is 93.1 Å². The van der Waals surface area contributed by atoms with E-state index in [9.17, 15) is 0 Å². The first-order valence-corrected chi connectivity index (χ1v) is 4.80. The van der Waals surface area contributed by atoms with Crippen molar-refractivity contribution in [1.82, 2.24) is 4.98 Å². The lowest BCUT2D eigenvalue weighted by Gasteiger charge is -2.06. The van der Waals surface area contributed by atoms with Crippen molar-refractivity contribution in [3.8, 4) is 0 Å². The van der Waals surface area contributed by atoms with Crippen LogP contribution in [0.4, 0.5) is 5.69 Å². The second kappa shape index (κ2) is 4.44. The van der Waals surface area contributed by atoms with Gasteiger partial charge >= 0.3 is 0 Å². The van der Waals surface area contributed by atoms with Crippen molar-refractivity contribution in [2.75, 3.05) is 5.73 Å². The lowest BCUT2D eigenvalue weighted by molar-refractivity contribution is 0.319. The predicted octanol–water partition coefficient (Wildman–Crippen LogP) is 1.89. The molecule has 0 radical (unpaired) electrons. The number of anilines is 1. The SMILES string of the molecule is Nc1ccncc1/C(=N\O)c1ccccc1. The molecule has 0 amide bonds. The van der Waals surface area contributed by atoms with Gasteiger partial charge in [-0.3, -0.25) is 4.98 Å². The molecule has 0 spiro atoms. The van der Waals surface area contributed by atoms with E-state index in [1.54, 1.807) is 18.5 Å². The van der Waals surface area contributed by atoms with Crippen molar-refractivity contribution < 1.29 is 5.21 Å². The molecular formula is C12H11N3O. The van der Waals surface area contributed by atoms with E-state index in [1.165, 1.54) is 0 Å². The third kappa shape index (κ3) is 1.86. The maximum atomic E-state index is 9.06. The molecule has 0 aliphatic rings. The van der Waals surface area contributed by atoms with Crippen molar-refractivity contribution in [3.63, 3.8) is 0 Å². The highest BCUT2D eigenvalue weighted by molar-refractivity contribution is 6.15. The summed E-state index contributed by atoms with van der Waals surface area (Å²) in [4.78, 5) is 3.97. The molecule has 0 aliphatic carbocycles.